The molecule has 2 aromatic carbocycles. The van der Waals surface area contributed by atoms with E-state index in [1.807, 2.05) is 30.3 Å². The average Bonchev–Trinajstić information content (AvgIpc) is 2.68. The molecular weight excluding hydrogens is 385 g/mol. The predicted octanol–water partition coefficient (Wildman–Crippen LogP) is 4.50. The highest BCUT2D eigenvalue weighted by Gasteiger charge is 2.31. The molecule has 6 nitrogen and oxygen atoms in total. The molecule has 0 aliphatic carbocycles. The zero-order chi connectivity index (χ0) is 20.9. The van der Waals surface area contributed by atoms with Crippen molar-refractivity contribution in [3.63, 3.8) is 0 Å². The third kappa shape index (κ3) is 5.82. The van der Waals surface area contributed by atoms with Gasteiger partial charge < -0.3 is 20.5 Å². The zero-order valence-corrected chi connectivity index (χ0v) is 15.5. The van der Waals surface area contributed by atoms with Crippen LogP contribution in [0.2, 0.25) is 0 Å². The van der Waals surface area contributed by atoms with E-state index in [0.717, 1.165) is 5.56 Å². The Morgan fingerprint density at radius 3 is 2.45 bits per heavy atom. The summed E-state index contributed by atoms with van der Waals surface area (Å²) >= 11 is 0. The number of aliphatic hydroxyl groups excluding tert-OH is 1. The van der Waals surface area contributed by atoms with E-state index in [2.05, 4.69) is 25.3 Å². The number of aryl methyl sites for hydroxylation is 1. The van der Waals surface area contributed by atoms with Gasteiger partial charge in [0, 0.05) is 23.9 Å². The van der Waals surface area contributed by atoms with Crippen LogP contribution in [0.5, 0.6) is 5.75 Å². The van der Waals surface area contributed by atoms with Crippen molar-refractivity contribution < 1.29 is 23.0 Å². The van der Waals surface area contributed by atoms with E-state index in [9.17, 15) is 13.2 Å². The van der Waals surface area contributed by atoms with E-state index in [0.29, 0.717) is 28.7 Å². The summed E-state index contributed by atoms with van der Waals surface area (Å²) < 4.78 is 41.1. The topological polar surface area (TPSA) is 79.3 Å². The van der Waals surface area contributed by atoms with Crippen LogP contribution >= 0.6 is 0 Å². The first-order valence-electron chi connectivity index (χ1n) is 8.77. The Balaban J connectivity index is 1.89. The fourth-order valence-electron chi connectivity index (χ4n) is 2.63. The summed E-state index contributed by atoms with van der Waals surface area (Å²) in [5, 5.41) is 15.1. The molecule has 3 N–H and O–H groups in total. The van der Waals surface area contributed by atoms with Crippen LogP contribution in [0.1, 0.15) is 5.56 Å². The second-order valence-electron chi connectivity index (χ2n) is 6.13. The van der Waals surface area contributed by atoms with Crippen LogP contribution in [-0.2, 0) is 0 Å². The number of nitrogens with one attached hydrogen (secondary N) is 2. The van der Waals surface area contributed by atoms with Crippen molar-refractivity contribution in [1.82, 2.24) is 9.97 Å². The van der Waals surface area contributed by atoms with Crippen LogP contribution in [-0.4, -0.2) is 34.6 Å². The summed E-state index contributed by atoms with van der Waals surface area (Å²) in [7, 11) is 0. The number of alkyl halides is 3. The standard InChI is InChI=1S/C20H19F3N4O2/c1-13-11-15(29-20(21,22)23)7-8-16(13)25-18-12-17(14-5-3-2-4-6-14)26-19(27-18)24-9-10-28/h2-8,11-12,28H,9-10H2,1H3,(H2,24,25,26,27). The first kappa shape index (κ1) is 20.4. The van der Waals surface area contributed by atoms with Gasteiger partial charge in [0.1, 0.15) is 11.6 Å². The van der Waals surface area contributed by atoms with Crippen molar-refractivity contribution in [1.29, 1.82) is 0 Å². The van der Waals surface area contributed by atoms with Crippen LogP contribution in [0.4, 0.5) is 30.6 Å². The lowest BCUT2D eigenvalue weighted by molar-refractivity contribution is -0.274. The van der Waals surface area contributed by atoms with Crippen molar-refractivity contribution in [3.8, 4) is 17.0 Å². The van der Waals surface area contributed by atoms with E-state index >= 15 is 0 Å². The van der Waals surface area contributed by atoms with E-state index in [1.165, 1.54) is 18.2 Å². The van der Waals surface area contributed by atoms with Gasteiger partial charge in [0.15, 0.2) is 0 Å². The number of rotatable bonds is 7. The molecule has 152 valence electrons. The van der Waals surface area contributed by atoms with Crippen LogP contribution < -0.4 is 15.4 Å². The van der Waals surface area contributed by atoms with Gasteiger partial charge in [0.2, 0.25) is 5.95 Å². The molecule has 1 aromatic heterocycles. The third-order valence-electron chi connectivity index (χ3n) is 3.88. The summed E-state index contributed by atoms with van der Waals surface area (Å²) in [4.78, 5) is 8.80. The highest BCUT2D eigenvalue weighted by molar-refractivity contribution is 5.68. The Morgan fingerprint density at radius 2 is 1.79 bits per heavy atom. The summed E-state index contributed by atoms with van der Waals surface area (Å²) in [5.41, 5.74) is 2.65. The molecule has 29 heavy (non-hydrogen) atoms. The molecule has 0 amide bonds. The number of benzene rings is 2. The molecule has 3 rings (SSSR count). The minimum absolute atomic E-state index is 0.0819. The smallest absolute Gasteiger partial charge is 0.406 e. The number of anilines is 3. The average molecular weight is 404 g/mol. The lowest BCUT2D eigenvalue weighted by atomic mass is 10.1. The number of aromatic nitrogens is 2. The monoisotopic (exact) mass is 404 g/mol. The minimum atomic E-state index is -4.74. The van der Waals surface area contributed by atoms with Gasteiger partial charge in [0.25, 0.3) is 0 Å². The fourth-order valence-corrected chi connectivity index (χ4v) is 2.63. The molecule has 0 saturated carbocycles. The second kappa shape index (κ2) is 8.78. The van der Waals surface area contributed by atoms with Gasteiger partial charge in [-0.05, 0) is 30.7 Å². The predicted molar refractivity (Wildman–Crippen MR) is 104 cm³/mol. The maximum atomic E-state index is 12.4. The molecule has 0 radical (unpaired) electrons. The summed E-state index contributed by atoms with van der Waals surface area (Å²) in [6, 6.07) is 15.2. The maximum Gasteiger partial charge on any atom is 0.573 e. The molecule has 0 fully saturated rings. The van der Waals surface area contributed by atoms with Crippen LogP contribution in [0.15, 0.2) is 54.6 Å². The van der Waals surface area contributed by atoms with E-state index in [-0.39, 0.29) is 18.9 Å². The summed E-state index contributed by atoms with van der Waals surface area (Å²) in [6.45, 7) is 1.86. The molecule has 0 atom stereocenters. The Labute approximate surface area is 165 Å². The number of aliphatic hydroxyl groups is 1. The van der Waals surface area contributed by atoms with E-state index in [4.69, 9.17) is 5.11 Å². The lowest BCUT2D eigenvalue weighted by Crippen LogP contribution is -2.17. The van der Waals surface area contributed by atoms with Gasteiger partial charge in [-0.25, -0.2) is 4.98 Å². The van der Waals surface area contributed by atoms with E-state index < -0.39 is 6.36 Å². The number of ether oxygens (including phenoxy) is 1. The van der Waals surface area contributed by atoms with Gasteiger partial charge in [0.05, 0.1) is 12.3 Å². The molecular formula is C20H19F3N4O2. The van der Waals surface area contributed by atoms with Gasteiger partial charge >= 0.3 is 6.36 Å². The molecule has 0 aliphatic heterocycles. The fraction of sp³-hybridized carbons (Fsp3) is 0.200. The number of hydrogen-bond acceptors (Lipinski definition) is 6. The molecule has 9 heteroatoms. The SMILES string of the molecule is Cc1cc(OC(F)(F)F)ccc1Nc1cc(-c2ccccc2)nc(NCCO)n1. The molecule has 1 heterocycles. The Bertz CT molecular complexity index is 966. The molecule has 0 spiro atoms. The van der Waals surface area contributed by atoms with Gasteiger partial charge in [-0.15, -0.1) is 13.2 Å². The first-order valence-corrected chi connectivity index (χ1v) is 8.77. The largest absolute Gasteiger partial charge is 0.573 e. The Kier molecular flexibility index (Phi) is 6.18. The maximum absolute atomic E-state index is 12.4. The molecule has 0 unspecified atom stereocenters. The lowest BCUT2D eigenvalue weighted by Gasteiger charge is -2.14. The van der Waals surface area contributed by atoms with Crippen molar-refractivity contribution >= 4 is 17.5 Å². The first-order chi connectivity index (χ1) is 13.8. The highest BCUT2D eigenvalue weighted by atomic mass is 19.4. The second-order valence-corrected chi connectivity index (χ2v) is 6.13. The zero-order valence-electron chi connectivity index (χ0n) is 15.5. The van der Waals surface area contributed by atoms with E-state index in [1.54, 1.807) is 13.0 Å². The van der Waals surface area contributed by atoms with Gasteiger partial charge in [-0.2, -0.15) is 4.98 Å². The van der Waals surface area contributed by atoms with Gasteiger partial charge in [-0.1, -0.05) is 30.3 Å². The van der Waals surface area contributed by atoms with Crippen LogP contribution in [0, 0.1) is 6.92 Å². The highest BCUT2D eigenvalue weighted by Crippen LogP contribution is 2.29. The van der Waals surface area contributed by atoms with Gasteiger partial charge in [-0.3, -0.25) is 0 Å². The summed E-state index contributed by atoms with van der Waals surface area (Å²) in [5.74, 6) is 0.475. The van der Waals surface area contributed by atoms with Crippen molar-refractivity contribution in [2.45, 2.75) is 13.3 Å². The Hall–Kier alpha value is -3.33. The van der Waals surface area contributed by atoms with Crippen LogP contribution in [0.3, 0.4) is 0 Å². The quantitative estimate of drug-likeness (QED) is 0.538. The van der Waals surface area contributed by atoms with Crippen molar-refractivity contribution in [2.24, 2.45) is 0 Å². The number of halogens is 3. The van der Waals surface area contributed by atoms with Crippen molar-refractivity contribution in [3.05, 3.63) is 60.2 Å². The number of nitrogens with zero attached hydrogens (tertiary/aromatic N) is 2. The van der Waals surface area contributed by atoms with Crippen molar-refractivity contribution in [2.75, 3.05) is 23.8 Å². The molecule has 0 bridgehead atoms. The molecule has 3 aromatic rings. The Morgan fingerprint density at radius 1 is 1.03 bits per heavy atom. The van der Waals surface area contributed by atoms with Crippen LogP contribution in [0.25, 0.3) is 11.3 Å². The normalized spacial score (nSPS) is 11.2. The molecule has 0 saturated heterocycles. The number of hydrogen-bond donors (Lipinski definition) is 3. The third-order valence-corrected chi connectivity index (χ3v) is 3.88. The minimum Gasteiger partial charge on any atom is -0.406 e. The summed E-state index contributed by atoms with van der Waals surface area (Å²) in [6.07, 6.45) is -4.74. The molecule has 0 aliphatic rings.